The van der Waals surface area contributed by atoms with Crippen LogP contribution in [0.1, 0.15) is 11.1 Å². The van der Waals surface area contributed by atoms with E-state index >= 15 is 0 Å². The van der Waals surface area contributed by atoms with Crippen LogP contribution in [0.4, 0.5) is 5.69 Å². The minimum absolute atomic E-state index is 0.0166. The second-order valence-electron chi connectivity index (χ2n) is 9.13. The second-order valence-corrected chi connectivity index (χ2v) is 10.9. The number of hydrogen-bond donors (Lipinski definition) is 0. The Morgan fingerprint density at radius 3 is 2.60 bits per heavy atom. The molecule has 0 amide bonds. The average molecular weight is 664 g/mol. The van der Waals surface area contributed by atoms with E-state index in [1.54, 1.807) is 72.8 Å². The summed E-state index contributed by atoms with van der Waals surface area (Å²) in [6.07, 6.45) is 1.45. The van der Waals surface area contributed by atoms with E-state index in [2.05, 4.69) is 21.0 Å². The van der Waals surface area contributed by atoms with Crippen LogP contribution in [0.3, 0.4) is 0 Å². The first-order valence-electron chi connectivity index (χ1n) is 12.4. The van der Waals surface area contributed by atoms with E-state index in [-0.39, 0.29) is 18.1 Å². The summed E-state index contributed by atoms with van der Waals surface area (Å²) in [6, 6.07) is 23.3. The number of ether oxygens (including phenoxy) is 1. The van der Waals surface area contributed by atoms with Crippen LogP contribution in [0.2, 0.25) is 10.0 Å². The Hall–Kier alpha value is -4.51. The van der Waals surface area contributed by atoms with Crippen molar-refractivity contribution in [1.29, 1.82) is 0 Å². The average Bonchev–Trinajstić information content (AvgIpc) is 3.39. The number of para-hydroxylation sites is 1. The van der Waals surface area contributed by atoms with E-state index in [0.29, 0.717) is 53.6 Å². The molecule has 0 saturated carbocycles. The van der Waals surface area contributed by atoms with Gasteiger partial charge in [0.15, 0.2) is 5.76 Å². The van der Waals surface area contributed by atoms with Gasteiger partial charge in [0.2, 0.25) is 5.82 Å². The Morgan fingerprint density at radius 2 is 1.81 bits per heavy atom. The van der Waals surface area contributed by atoms with Gasteiger partial charge in [-0.3, -0.25) is 14.9 Å². The molecule has 42 heavy (non-hydrogen) atoms. The van der Waals surface area contributed by atoms with Crippen LogP contribution >= 0.6 is 39.1 Å². The molecule has 208 valence electrons. The first kappa shape index (κ1) is 27.6. The monoisotopic (exact) mass is 662 g/mol. The summed E-state index contributed by atoms with van der Waals surface area (Å²) in [5.41, 5.74) is 1.83. The first-order chi connectivity index (χ1) is 20.3. The highest BCUT2D eigenvalue weighted by molar-refractivity contribution is 9.10. The molecule has 6 rings (SSSR count). The van der Waals surface area contributed by atoms with Gasteiger partial charge in [-0.25, -0.2) is 4.98 Å². The Balaban J connectivity index is 1.42. The summed E-state index contributed by atoms with van der Waals surface area (Å²) in [5, 5.41) is 17.6. The minimum Gasteiger partial charge on any atom is -0.487 e. The standard InChI is InChI=1S/C30H17BrCl2N4O5/c31-24-14-21(33)12-19(28(24)41-16-17-5-8-22(9-6-17)37(39)40)15-34-36-29(35-25-4-2-1-3-23(25)30(36)38)27-13-18-11-20(32)7-10-26(18)42-27/h1-15H,16H2. The van der Waals surface area contributed by atoms with Gasteiger partial charge in [-0.05, 0) is 82.2 Å². The van der Waals surface area contributed by atoms with Crippen LogP contribution in [0.5, 0.6) is 5.75 Å². The van der Waals surface area contributed by atoms with Gasteiger partial charge in [-0.15, -0.1) is 0 Å². The zero-order chi connectivity index (χ0) is 29.4. The van der Waals surface area contributed by atoms with E-state index in [9.17, 15) is 14.9 Å². The molecule has 0 spiro atoms. The Kier molecular flexibility index (Phi) is 7.51. The SMILES string of the molecule is O=c1c2ccccc2nc(-c2cc3cc(Cl)ccc3o2)n1N=Cc1cc(Cl)cc(Br)c1OCc1ccc([N+](=O)[O-])cc1. The fourth-order valence-corrected chi connectivity index (χ4v) is 5.46. The number of rotatable bonds is 7. The molecule has 2 aromatic heterocycles. The molecule has 0 radical (unpaired) electrons. The van der Waals surface area contributed by atoms with Gasteiger partial charge >= 0.3 is 0 Å². The number of fused-ring (bicyclic) bond motifs is 2. The number of hydrogen-bond acceptors (Lipinski definition) is 7. The molecule has 0 atom stereocenters. The lowest BCUT2D eigenvalue weighted by molar-refractivity contribution is -0.384. The number of benzene rings is 4. The number of nitro benzene ring substituents is 1. The van der Waals surface area contributed by atoms with Gasteiger partial charge in [0.1, 0.15) is 17.9 Å². The fraction of sp³-hybridized carbons (Fsp3) is 0.0333. The maximum absolute atomic E-state index is 13.7. The normalized spacial score (nSPS) is 11.5. The maximum atomic E-state index is 13.7. The number of nitro groups is 1. The van der Waals surface area contributed by atoms with Crippen molar-refractivity contribution in [2.45, 2.75) is 6.61 Å². The summed E-state index contributed by atoms with van der Waals surface area (Å²) in [6.45, 7) is 0.114. The van der Waals surface area contributed by atoms with Crippen molar-refractivity contribution in [2.24, 2.45) is 5.10 Å². The molecule has 0 bridgehead atoms. The van der Waals surface area contributed by atoms with E-state index in [1.165, 1.54) is 18.3 Å². The van der Waals surface area contributed by atoms with E-state index in [1.807, 2.05) is 0 Å². The third-order valence-corrected chi connectivity index (χ3v) is 7.37. The lowest BCUT2D eigenvalue weighted by Gasteiger charge is -2.12. The van der Waals surface area contributed by atoms with E-state index in [0.717, 1.165) is 10.1 Å². The van der Waals surface area contributed by atoms with Crippen molar-refractivity contribution in [1.82, 2.24) is 9.66 Å². The third kappa shape index (κ3) is 5.52. The molecular weight excluding hydrogens is 647 g/mol. The molecule has 0 aliphatic rings. The van der Waals surface area contributed by atoms with Gasteiger partial charge < -0.3 is 9.15 Å². The van der Waals surface area contributed by atoms with Crippen molar-refractivity contribution < 1.29 is 14.1 Å². The van der Waals surface area contributed by atoms with Crippen molar-refractivity contribution in [3.63, 3.8) is 0 Å². The number of aromatic nitrogens is 2. The van der Waals surface area contributed by atoms with Crippen molar-refractivity contribution in [3.05, 3.63) is 131 Å². The predicted octanol–water partition coefficient (Wildman–Crippen LogP) is 8.25. The van der Waals surface area contributed by atoms with Crippen LogP contribution in [0.25, 0.3) is 33.5 Å². The predicted molar refractivity (Wildman–Crippen MR) is 166 cm³/mol. The zero-order valence-corrected chi connectivity index (χ0v) is 24.4. The summed E-state index contributed by atoms with van der Waals surface area (Å²) < 4.78 is 13.8. The first-order valence-corrected chi connectivity index (χ1v) is 13.9. The smallest absolute Gasteiger partial charge is 0.282 e. The molecule has 9 nitrogen and oxygen atoms in total. The van der Waals surface area contributed by atoms with Crippen LogP contribution < -0.4 is 10.3 Å². The Morgan fingerprint density at radius 1 is 1.02 bits per heavy atom. The molecule has 0 aliphatic carbocycles. The highest BCUT2D eigenvalue weighted by Gasteiger charge is 2.17. The van der Waals surface area contributed by atoms with Crippen LogP contribution in [0.15, 0.2) is 104 Å². The molecule has 2 heterocycles. The molecule has 0 N–H and O–H groups in total. The molecule has 12 heteroatoms. The molecule has 4 aromatic carbocycles. The summed E-state index contributed by atoms with van der Waals surface area (Å²) in [4.78, 5) is 28.9. The number of non-ortho nitro benzene ring substituents is 1. The van der Waals surface area contributed by atoms with Crippen molar-refractivity contribution >= 4 is 72.9 Å². The second kappa shape index (κ2) is 11.4. The van der Waals surface area contributed by atoms with Gasteiger partial charge in [0, 0.05) is 33.1 Å². The van der Waals surface area contributed by atoms with Crippen LogP contribution in [0, 0.1) is 10.1 Å². The molecule has 0 unspecified atom stereocenters. The maximum Gasteiger partial charge on any atom is 0.282 e. The van der Waals surface area contributed by atoms with Crippen molar-refractivity contribution in [3.8, 4) is 17.3 Å². The van der Waals surface area contributed by atoms with Gasteiger partial charge in [0.25, 0.3) is 11.2 Å². The van der Waals surface area contributed by atoms with Gasteiger partial charge in [-0.2, -0.15) is 9.78 Å². The molecule has 6 aromatic rings. The fourth-order valence-electron chi connectivity index (χ4n) is 4.33. The Bertz CT molecular complexity index is 2090. The summed E-state index contributed by atoms with van der Waals surface area (Å²) in [7, 11) is 0. The quantitative estimate of drug-likeness (QED) is 0.0966. The molecule has 0 aliphatic heterocycles. The number of halogens is 3. The molecule has 0 fully saturated rings. The third-order valence-electron chi connectivity index (χ3n) is 6.33. The number of furan rings is 1. The molecule has 0 saturated heterocycles. The highest BCUT2D eigenvalue weighted by atomic mass is 79.9. The van der Waals surface area contributed by atoms with Crippen LogP contribution in [-0.4, -0.2) is 20.8 Å². The van der Waals surface area contributed by atoms with E-state index in [4.69, 9.17) is 37.3 Å². The minimum atomic E-state index is -0.465. The van der Waals surface area contributed by atoms with E-state index < -0.39 is 10.5 Å². The largest absolute Gasteiger partial charge is 0.487 e. The topological polar surface area (TPSA) is 113 Å². The zero-order valence-electron chi connectivity index (χ0n) is 21.3. The Labute approximate surface area is 255 Å². The number of nitrogens with zero attached hydrogens (tertiary/aromatic N) is 4. The summed E-state index contributed by atoms with van der Waals surface area (Å²) in [5.74, 6) is 0.925. The lowest BCUT2D eigenvalue weighted by Crippen LogP contribution is -2.20. The van der Waals surface area contributed by atoms with Crippen molar-refractivity contribution in [2.75, 3.05) is 0 Å². The van der Waals surface area contributed by atoms with Gasteiger partial charge in [0.05, 0.1) is 26.5 Å². The highest BCUT2D eigenvalue weighted by Crippen LogP contribution is 2.33. The van der Waals surface area contributed by atoms with Crippen LogP contribution in [-0.2, 0) is 6.61 Å². The lowest BCUT2D eigenvalue weighted by atomic mass is 10.2. The molecular formula is C30H17BrCl2N4O5. The van der Waals surface area contributed by atoms with Gasteiger partial charge in [-0.1, -0.05) is 35.3 Å². The summed E-state index contributed by atoms with van der Waals surface area (Å²) >= 11 is 16.0.